The zero-order valence-electron chi connectivity index (χ0n) is 8.22. The van der Waals surface area contributed by atoms with Crippen molar-refractivity contribution in [1.82, 2.24) is 0 Å². The van der Waals surface area contributed by atoms with Crippen LogP contribution in [0.5, 0.6) is 0 Å². The number of ether oxygens (including phenoxy) is 1. The number of rotatable bonds is 3. The Hall–Kier alpha value is -0.720. The largest absolute Gasteiger partial charge is 0.379 e. The maximum atomic E-state index is 12.0. The molecule has 1 saturated heterocycles. The molecule has 86 valence electrons. The maximum absolute atomic E-state index is 12.0. The predicted molar refractivity (Wildman–Crippen MR) is 61.3 cm³/mol. The second-order valence-electron chi connectivity index (χ2n) is 3.51. The highest BCUT2D eigenvalue weighted by Crippen LogP contribution is 2.28. The molecule has 1 fully saturated rings. The van der Waals surface area contributed by atoms with E-state index in [1.165, 1.54) is 18.2 Å². The molecule has 0 bridgehead atoms. The van der Waals surface area contributed by atoms with E-state index in [4.69, 9.17) is 4.74 Å². The summed E-state index contributed by atoms with van der Waals surface area (Å²) in [5.74, 6) is 0. The van der Waals surface area contributed by atoms with Crippen molar-refractivity contribution in [3.63, 3.8) is 0 Å². The van der Waals surface area contributed by atoms with E-state index in [1.807, 2.05) is 0 Å². The highest BCUT2D eigenvalue weighted by atomic mass is 79.9. The molecule has 16 heavy (non-hydrogen) atoms. The number of benzene rings is 1. The quantitative estimate of drug-likeness (QED) is 0.793. The van der Waals surface area contributed by atoms with Crippen LogP contribution in [0.3, 0.4) is 0 Å². The Morgan fingerprint density at radius 1 is 1.38 bits per heavy atom. The van der Waals surface area contributed by atoms with Crippen molar-refractivity contribution >= 4 is 32.1 Å². The van der Waals surface area contributed by atoms with Gasteiger partial charge in [-0.25, -0.2) is 8.42 Å². The highest BCUT2D eigenvalue weighted by molar-refractivity contribution is 9.10. The summed E-state index contributed by atoms with van der Waals surface area (Å²) in [6.45, 7) is 0.481. The third-order valence-electron chi connectivity index (χ3n) is 2.44. The zero-order chi connectivity index (χ0) is 11.8. The average molecular weight is 305 g/mol. The Labute approximate surface area is 102 Å². The van der Waals surface area contributed by atoms with Gasteiger partial charge in [0, 0.05) is 10.0 Å². The summed E-state index contributed by atoms with van der Waals surface area (Å²) < 4.78 is 29.4. The second kappa shape index (κ2) is 4.27. The van der Waals surface area contributed by atoms with E-state index in [-0.39, 0.29) is 18.1 Å². The van der Waals surface area contributed by atoms with Gasteiger partial charge in [-0.15, -0.1) is 0 Å². The Balaban J connectivity index is 2.44. The Morgan fingerprint density at radius 2 is 2.06 bits per heavy atom. The van der Waals surface area contributed by atoms with Crippen LogP contribution in [0.1, 0.15) is 10.4 Å². The predicted octanol–water partition coefficient (Wildman–Crippen LogP) is 1.43. The van der Waals surface area contributed by atoms with Gasteiger partial charge in [0.2, 0.25) is 0 Å². The van der Waals surface area contributed by atoms with Gasteiger partial charge in [0.15, 0.2) is 9.84 Å². The minimum absolute atomic E-state index is 0.214. The number of carbonyl (C=O) groups excluding carboxylic acids is 1. The first-order valence-corrected chi connectivity index (χ1v) is 6.96. The van der Waals surface area contributed by atoms with Gasteiger partial charge in [-0.3, -0.25) is 4.79 Å². The van der Waals surface area contributed by atoms with Gasteiger partial charge in [-0.2, -0.15) is 0 Å². The molecule has 0 spiro atoms. The molecule has 0 unspecified atom stereocenters. The summed E-state index contributed by atoms with van der Waals surface area (Å²) in [6, 6.07) is 4.44. The van der Waals surface area contributed by atoms with Crippen LogP contribution in [0, 0.1) is 0 Å². The minimum Gasteiger partial charge on any atom is -0.379 e. The fourth-order valence-corrected chi connectivity index (χ4v) is 3.97. The lowest BCUT2D eigenvalue weighted by Crippen LogP contribution is -2.40. The molecule has 4 nitrogen and oxygen atoms in total. The minimum atomic E-state index is -3.35. The summed E-state index contributed by atoms with van der Waals surface area (Å²) in [5.41, 5.74) is 0.440. The first-order chi connectivity index (χ1) is 7.55. The Bertz CT molecular complexity index is 520. The summed E-state index contributed by atoms with van der Waals surface area (Å²) in [7, 11) is -3.35. The van der Waals surface area contributed by atoms with Crippen molar-refractivity contribution in [2.75, 3.05) is 13.2 Å². The number of hydrogen-bond donors (Lipinski definition) is 0. The molecular formula is C10H9BrO4S. The monoisotopic (exact) mass is 304 g/mol. The number of carbonyl (C=O) groups is 1. The van der Waals surface area contributed by atoms with Crippen molar-refractivity contribution in [3.8, 4) is 0 Å². The van der Waals surface area contributed by atoms with E-state index in [0.29, 0.717) is 16.3 Å². The summed E-state index contributed by atoms with van der Waals surface area (Å²) in [6.07, 6.45) is 0.674. The molecule has 0 amide bonds. The fourth-order valence-electron chi connectivity index (χ4n) is 1.39. The number of halogens is 1. The molecule has 0 radical (unpaired) electrons. The normalized spacial score (nSPS) is 16.8. The van der Waals surface area contributed by atoms with Gasteiger partial charge in [-0.1, -0.05) is 6.07 Å². The van der Waals surface area contributed by atoms with E-state index in [1.54, 1.807) is 0 Å². The lowest BCUT2D eigenvalue weighted by atomic mass is 10.2. The standard InChI is InChI=1S/C10H9BrO4S/c11-9-3-7(4-12)1-2-10(9)16(13,14)8-5-15-6-8/h1-4,8H,5-6H2. The SMILES string of the molecule is O=Cc1ccc(S(=O)(=O)C2COC2)c(Br)c1. The van der Waals surface area contributed by atoms with Gasteiger partial charge in [0.1, 0.15) is 11.5 Å². The number of aldehydes is 1. The van der Waals surface area contributed by atoms with Crippen LogP contribution in [0.15, 0.2) is 27.6 Å². The summed E-state index contributed by atoms with van der Waals surface area (Å²) in [5, 5.41) is -0.467. The molecule has 0 aliphatic carbocycles. The fraction of sp³-hybridized carbons (Fsp3) is 0.300. The van der Waals surface area contributed by atoms with Gasteiger partial charge in [0.25, 0.3) is 0 Å². The lowest BCUT2D eigenvalue weighted by molar-refractivity contribution is 0.0416. The number of sulfone groups is 1. The van der Waals surface area contributed by atoms with Gasteiger partial charge in [0.05, 0.1) is 18.1 Å². The average Bonchev–Trinajstić information content (AvgIpc) is 2.13. The maximum Gasteiger partial charge on any atom is 0.186 e. The van der Waals surface area contributed by atoms with Crippen molar-refractivity contribution in [2.45, 2.75) is 10.1 Å². The van der Waals surface area contributed by atoms with Crippen LogP contribution in [0.4, 0.5) is 0 Å². The summed E-state index contributed by atoms with van der Waals surface area (Å²) >= 11 is 3.17. The molecule has 6 heteroatoms. The number of hydrogen-bond acceptors (Lipinski definition) is 4. The molecule has 1 aliphatic heterocycles. The van der Waals surface area contributed by atoms with Crippen LogP contribution in [-0.4, -0.2) is 33.2 Å². The second-order valence-corrected chi connectivity index (χ2v) is 6.56. The molecule has 1 aromatic carbocycles. The van der Waals surface area contributed by atoms with Gasteiger partial charge in [-0.05, 0) is 28.1 Å². The molecule has 2 rings (SSSR count). The highest BCUT2D eigenvalue weighted by Gasteiger charge is 2.35. The van der Waals surface area contributed by atoms with Crippen molar-refractivity contribution in [1.29, 1.82) is 0 Å². The van der Waals surface area contributed by atoms with Crippen molar-refractivity contribution in [2.24, 2.45) is 0 Å². The van der Waals surface area contributed by atoms with E-state index in [9.17, 15) is 13.2 Å². The lowest BCUT2D eigenvalue weighted by Gasteiger charge is -2.26. The van der Waals surface area contributed by atoms with E-state index in [2.05, 4.69) is 15.9 Å². The Morgan fingerprint density at radius 3 is 2.50 bits per heavy atom. The van der Waals surface area contributed by atoms with Crippen LogP contribution in [0.25, 0.3) is 0 Å². The topological polar surface area (TPSA) is 60.4 Å². The first-order valence-electron chi connectivity index (χ1n) is 4.62. The molecule has 0 aromatic heterocycles. The molecule has 0 N–H and O–H groups in total. The van der Waals surface area contributed by atoms with Crippen LogP contribution in [-0.2, 0) is 14.6 Å². The third kappa shape index (κ3) is 1.92. The van der Waals surface area contributed by atoms with Gasteiger partial charge < -0.3 is 4.74 Å². The van der Waals surface area contributed by atoms with Crippen LogP contribution >= 0.6 is 15.9 Å². The molecule has 0 saturated carbocycles. The van der Waals surface area contributed by atoms with Crippen molar-refractivity contribution < 1.29 is 17.9 Å². The first kappa shape index (κ1) is 11.8. The van der Waals surface area contributed by atoms with Crippen LogP contribution in [0.2, 0.25) is 0 Å². The third-order valence-corrected chi connectivity index (χ3v) is 5.48. The van der Waals surface area contributed by atoms with Gasteiger partial charge >= 0.3 is 0 Å². The molecular weight excluding hydrogens is 296 g/mol. The van der Waals surface area contributed by atoms with E-state index < -0.39 is 15.1 Å². The smallest absolute Gasteiger partial charge is 0.186 e. The zero-order valence-corrected chi connectivity index (χ0v) is 10.6. The van der Waals surface area contributed by atoms with E-state index >= 15 is 0 Å². The molecule has 1 heterocycles. The molecule has 1 aliphatic rings. The van der Waals surface area contributed by atoms with E-state index in [0.717, 1.165) is 0 Å². The Kier molecular flexibility index (Phi) is 3.14. The van der Waals surface area contributed by atoms with Crippen LogP contribution < -0.4 is 0 Å². The van der Waals surface area contributed by atoms with Crippen molar-refractivity contribution in [3.05, 3.63) is 28.2 Å². The molecule has 1 aromatic rings. The molecule has 0 atom stereocenters. The summed E-state index contributed by atoms with van der Waals surface area (Å²) in [4.78, 5) is 10.7.